The van der Waals surface area contributed by atoms with Crippen LogP contribution in [0.15, 0.2) is 34.1 Å². The molecule has 0 radical (unpaired) electrons. The van der Waals surface area contributed by atoms with Crippen molar-refractivity contribution in [2.45, 2.75) is 13.8 Å². The summed E-state index contributed by atoms with van der Waals surface area (Å²) in [6.07, 6.45) is 1.09. The minimum Gasteiger partial charge on any atom is -0.465 e. The van der Waals surface area contributed by atoms with Crippen LogP contribution in [0.4, 0.5) is 5.82 Å². The van der Waals surface area contributed by atoms with E-state index in [0.29, 0.717) is 10.9 Å². The van der Waals surface area contributed by atoms with Crippen LogP contribution in [0.25, 0.3) is 10.9 Å². The first-order valence-electron chi connectivity index (χ1n) is 7.43. The number of hydrogen-bond acceptors (Lipinski definition) is 7. The average molecular weight is 331 g/mol. The van der Waals surface area contributed by atoms with Crippen LogP contribution in [0.1, 0.15) is 13.8 Å². The summed E-state index contributed by atoms with van der Waals surface area (Å²) < 4.78 is 9.70. The Morgan fingerprint density at radius 1 is 1.21 bits per heavy atom. The highest BCUT2D eigenvalue weighted by molar-refractivity contribution is 6.09. The lowest BCUT2D eigenvalue weighted by atomic mass is 10.1. The Kier molecular flexibility index (Phi) is 5.78. The number of carbonyl (C=O) groups excluding carboxylic acids is 2. The summed E-state index contributed by atoms with van der Waals surface area (Å²) in [6.45, 7) is 3.50. The standard InChI is InChI=1S/C16H17N3O5/c1-3-23-14(20)11(15(21)24-4-2)9-17-13-10-7-5-6-8-12(10)18-16(22)19-13/h5-9,11H,3-4H2,1-2H3,(H,18,19,22). The van der Waals surface area contributed by atoms with Crippen molar-refractivity contribution in [1.29, 1.82) is 0 Å². The molecule has 1 heterocycles. The minimum absolute atomic E-state index is 0.105. The molecule has 1 N–H and O–H groups in total. The van der Waals surface area contributed by atoms with E-state index in [1.165, 1.54) is 0 Å². The number of benzene rings is 1. The zero-order chi connectivity index (χ0) is 17.5. The Balaban J connectivity index is 2.40. The van der Waals surface area contributed by atoms with Gasteiger partial charge in [0.25, 0.3) is 0 Å². The fraction of sp³-hybridized carbons (Fsp3) is 0.312. The molecule has 2 aromatic rings. The van der Waals surface area contributed by atoms with E-state index in [1.54, 1.807) is 38.1 Å². The molecule has 24 heavy (non-hydrogen) atoms. The molecule has 0 bridgehead atoms. The number of H-pyrrole nitrogens is 1. The molecule has 1 aromatic carbocycles. The molecular weight excluding hydrogens is 314 g/mol. The maximum absolute atomic E-state index is 11.9. The van der Waals surface area contributed by atoms with Crippen LogP contribution in [-0.2, 0) is 19.1 Å². The van der Waals surface area contributed by atoms with Crippen LogP contribution in [0.5, 0.6) is 0 Å². The van der Waals surface area contributed by atoms with E-state index in [9.17, 15) is 14.4 Å². The average Bonchev–Trinajstić information content (AvgIpc) is 2.55. The fourth-order valence-corrected chi connectivity index (χ4v) is 2.01. The predicted molar refractivity (Wildman–Crippen MR) is 87.3 cm³/mol. The maximum atomic E-state index is 11.9. The largest absolute Gasteiger partial charge is 0.465 e. The van der Waals surface area contributed by atoms with Gasteiger partial charge in [0, 0.05) is 11.6 Å². The van der Waals surface area contributed by atoms with E-state index < -0.39 is 23.5 Å². The van der Waals surface area contributed by atoms with Gasteiger partial charge in [0.2, 0.25) is 0 Å². The first-order chi connectivity index (χ1) is 11.6. The minimum atomic E-state index is -1.32. The fourth-order valence-electron chi connectivity index (χ4n) is 2.01. The van der Waals surface area contributed by atoms with Crippen LogP contribution in [0.2, 0.25) is 0 Å². The third kappa shape index (κ3) is 4.03. The number of ether oxygens (including phenoxy) is 2. The number of aromatic nitrogens is 2. The number of rotatable bonds is 6. The monoisotopic (exact) mass is 331 g/mol. The number of fused-ring (bicyclic) bond motifs is 1. The van der Waals surface area contributed by atoms with Crippen molar-refractivity contribution in [2.75, 3.05) is 13.2 Å². The van der Waals surface area contributed by atoms with Crippen molar-refractivity contribution in [1.82, 2.24) is 9.97 Å². The van der Waals surface area contributed by atoms with Gasteiger partial charge in [-0.2, -0.15) is 4.98 Å². The van der Waals surface area contributed by atoms with Crippen molar-refractivity contribution in [3.63, 3.8) is 0 Å². The van der Waals surface area contributed by atoms with Crippen LogP contribution in [0, 0.1) is 5.92 Å². The molecule has 1 aromatic heterocycles. The van der Waals surface area contributed by atoms with Gasteiger partial charge in [-0.3, -0.25) is 9.59 Å². The van der Waals surface area contributed by atoms with Crippen LogP contribution in [0.3, 0.4) is 0 Å². The number of aliphatic imine (C=N–C) groups is 1. The SMILES string of the molecule is CCOC(=O)C(C=Nc1nc(=O)[nH]c2ccccc12)C(=O)OCC. The quantitative estimate of drug-likeness (QED) is 0.486. The Bertz CT molecular complexity index is 810. The van der Waals surface area contributed by atoms with Crippen molar-refractivity contribution in [2.24, 2.45) is 10.9 Å². The molecular formula is C16H17N3O5. The normalized spacial score (nSPS) is 11.1. The highest BCUT2D eigenvalue weighted by Gasteiger charge is 2.27. The Morgan fingerprint density at radius 3 is 2.46 bits per heavy atom. The van der Waals surface area contributed by atoms with E-state index in [0.717, 1.165) is 6.21 Å². The molecule has 0 spiro atoms. The van der Waals surface area contributed by atoms with Gasteiger partial charge in [-0.15, -0.1) is 0 Å². The molecule has 0 saturated carbocycles. The second-order valence-electron chi connectivity index (χ2n) is 4.67. The summed E-state index contributed by atoms with van der Waals surface area (Å²) in [5, 5.41) is 0.583. The van der Waals surface area contributed by atoms with E-state index in [2.05, 4.69) is 15.0 Å². The zero-order valence-corrected chi connectivity index (χ0v) is 13.3. The topological polar surface area (TPSA) is 111 Å². The smallest absolute Gasteiger partial charge is 0.347 e. The number of aromatic amines is 1. The predicted octanol–water partition coefficient (Wildman–Crippen LogP) is 1.37. The summed E-state index contributed by atoms with van der Waals surface area (Å²) >= 11 is 0. The number of carbonyl (C=O) groups is 2. The number of nitrogens with one attached hydrogen (secondary N) is 1. The molecule has 0 aliphatic carbocycles. The summed E-state index contributed by atoms with van der Waals surface area (Å²) in [4.78, 5) is 45.8. The van der Waals surface area contributed by atoms with Crippen molar-refractivity contribution < 1.29 is 19.1 Å². The van der Waals surface area contributed by atoms with Gasteiger partial charge in [-0.05, 0) is 26.0 Å². The van der Waals surface area contributed by atoms with E-state index >= 15 is 0 Å². The van der Waals surface area contributed by atoms with Gasteiger partial charge in [0.1, 0.15) is 0 Å². The highest BCUT2D eigenvalue weighted by atomic mass is 16.6. The molecule has 0 aliphatic heterocycles. The maximum Gasteiger partial charge on any atom is 0.347 e. The van der Waals surface area contributed by atoms with Gasteiger partial charge in [-0.1, -0.05) is 12.1 Å². The van der Waals surface area contributed by atoms with Crippen molar-refractivity contribution in [3.8, 4) is 0 Å². The van der Waals surface area contributed by atoms with Crippen LogP contribution in [-0.4, -0.2) is 41.3 Å². The number of para-hydroxylation sites is 1. The lowest BCUT2D eigenvalue weighted by Gasteiger charge is -2.10. The van der Waals surface area contributed by atoms with Gasteiger partial charge in [-0.25, -0.2) is 9.79 Å². The van der Waals surface area contributed by atoms with Gasteiger partial charge >= 0.3 is 17.6 Å². The van der Waals surface area contributed by atoms with Crippen molar-refractivity contribution >= 4 is 34.9 Å². The molecule has 126 valence electrons. The van der Waals surface area contributed by atoms with Crippen LogP contribution < -0.4 is 5.69 Å². The Morgan fingerprint density at radius 2 is 1.83 bits per heavy atom. The van der Waals surface area contributed by atoms with Gasteiger partial charge < -0.3 is 14.5 Å². The zero-order valence-electron chi connectivity index (χ0n) is 13.3. The molecule has 8 nitrogen and oxygen atoms in total. The lowest BCUT2D eigenvalue weighted by Crippen LogP contribution is -2.29. The molecule has 0 atom stereocenters. The number of nitrogens with zero attached hydrogens (tertiary/aromatic N) is 2. The third-order valence-electron chi connectivity index (χ3n) is 3.04. The number of hydrogen-bond donors (Lipinski definition) is 1. The highest BCUT2D eigenvalue weighted by Crippen LogP contribution is 2.20. The lowest BCUT2D eigenvalue weighted by molar-refractivity contribution is -0.157. The second kappa shape index (κ2) is 8.00. The molecule has 2 rings (SSSR count). The summed E-state index contributed by atoms with van der Waals surface area (Å²) in [5.74, 6) is -2.75. The molecule has 0 unspecified atom stereocenters. The first-order valence-corrected chi connectivity index (χ1v) is 7.43. The van der Waals surface area contributed by atoms with Crippen LogP contribution >= 0.6 is 0 Å². The molecule has 0 fully saturated rings. The molecule has 8 heteroatoms. The van der Waals surface area contributed by atoms with E-state index in [1.807, 2.05) is 0 Å². The van der Waals surface area contributed by atoms with E-state index in [-0.39, 0.29) is 19.0 Å². The van der Waals surface area contributed by atoms with Crippen molar-refractivity contribution in [3.05, 3.63) is 34.7 Å². The summed E-state index contributed by atoms with van der Waals surface area (Å²) in [6, 6.07) is 6.93. The summed E-state index contributed by atoms with van der Waals surface area (Å²) in [5.41, 5.74) is -0.0295. The number of esters is 2. The third-order valence-corrected chi connectivity index (χ3v) is 3.04. The molecule has 0 aliphatic rings. The second-order valence-corrected chi connectivity index (χ2v) is 4.67. The Hall–Kier alpha value is -3.03. The van der Waals surface area contributed by atoms with E-state index in [4.69, 9.17) is 9.47 Å². The molecule has 0 amide bonds. The summed E-state index contributed by atoms with van der Waals surface area (Å²) in [7, 11) is 0. The van der Waals surface area contributed by atoms with Gasteiger partial charge in [0.05, 0.1) is 18.7 Å². The van der Waals surface area contributed by atoms with Gasteiger partial charge in [0.15, 0.2) is 11.7 Å². The first kappa shape index (κ1) is 17.3. The molecule has 0 saturated heterocycles. The Labute approximate surface area is 137 Å².